The molecule has 114 valence electrons. The highest BCUT2D eigenvalue weighted by Crippen LogP contribution is 2.12. The van der Waals surface area contributed by atoms with Crippen molar-refractivity contribution in [3.05, 3.63) is 64.1 Å². The van der Waals surface area contributed by atoms with Gasteiger partial charge in [-0.05, 0) is 31.2 Å². The standard InChI is InChI=1S/C16H15BrN2O3/c1-11-2-8-14(9-3-11)21-10-15(20)22-19-16(18)12-4-6-13(17)7-5-12/h2-9H,10H2,1H3,(H2,18,19). The minimum Gasteiger partial charge on any atom is -0.482 e. The summed E-state index contributed by atoms with van der Waals surface area (Å²) in [5.41, 5.74) is 7.51. The van der Waals surface area contributed by atoms with Crippen LogP contribution in [0.25, 0.3) is 0 Å². The number of nitrogens with two attached hydrogens (primary N) is 1. The number of benzene rings is 2. The first-order chi connectivity index (χ1) is 10.5. The summed E-state index contributed by atoms with van der Waals surface area (Å²) in [6.07, 6.45) is 0. The van der Waals surface area contributed by atoms with Crippen LogP contribution in [-0.4, -0.2) is 18.4 Å². The van der Waals surface area contributed by atoms with Crippen molar-refractivity contribution in [1.29, 1.82) is 0 Å². The molecular weight excluding hydrogens is 348 g/mol. The van der Waals surface area contributed by atoms with Crippen molar-refractivity contribution in [3.63, 3.8) is 0 Å². The van der Waals surface area contributed by atoms with Gasteiger partial charge in [-0.2, -0.15) is 0 Å². The molecule has 0 aliphatic carbocycles. The summed E-state index contributed by atoms with van der Waals surface area (Å²) < 4.78 is 6.21. The number of rotatable bonds is 5. The highest BCUT2D eigenvalue weighted by Gasteiger charge is 2.06. The lowest BCUT2D eigenvalue weighted by Crippen LogP contribution is -2.17. The molecule has 0 amide bonds. The quantitative estimate of drug-likeness (QED) is 0.384. The number of hydrogen-bond donors (Lipinski definition) is 1. The Balaban J connectivity index is 1.85. The van der Waals surface area contributed by atoms with Crippen molar-refractivity contribution in [2.24, 2.45) is 10.9 Å². The summed E-state index contributed by atoms with van der Waals surface area (Å²) in [4.78, 5) is 16.3. The number of aryl methyl sites for hydroxylation is 1. The molecule has 0 aromatic heterocycles. The van der Waals surface area contributed by atoms with E-state index in [-0.39, 0.29) is 12.4 Å². The zero-order valence-corrected chi connectivity index (χ0v) is 13.5. The summed E-state index contributed by atoms with van der Waals surface area (Å²) in [5.74, 6) is 0.0873. The number of halogens is 1. The molecule has 5 nitrogen and oxygen atoms in total. The monoisotopic (exact) mass is 362 g/mol. The fourth-order valence-electron chi connectivity index (χ4n) is 1.58. The number of carbonyl (C=O) groups is 1. The smallest absolute Gasteiger partial charge is 0.372 e. The lowest BCUT2D eigenvalue weighted by molar-refractivity contribution is -0.146. The molecule has 0 unspecified atom stereocenters. The van der Waals surface area contributed by atoms with E-state index in [1.54, 1.807) is 24.3 Å². The van der Waals surface area contributed by atoms with Crippen LogP contribution in [0, 0.1) is 6.92 Å². The topological polar surface area (TPSA) is 73.9 Å². The van der Waals surface area contributed by atoms with Crippen LogP contribution in [0.2, 0.25) is 0 Å². The van der Waals surface area contributed by atoms with Gasteiger partial charge in [-0.1, -0.05) is 50.9 Å². The maximum atomic E-state index is 11.6. The Bertz CT molecular complexity index is 667. The highest BCUT2D eigenvalue weighted by atomic mass is 79.9. The second-order valence-corrected chi connectivity index (χ2v) is 5.46. The largest absolute Gasteiger partial charge is 0.482 e. The molecule has 0 saturated carbocycles. The molecule has 0 spiro atoms. The SMILES string of the molecule is Cc1ccc(OCC(=O)ON=C(N)c2ccc(Br)cc2)cc1. The second-order valence-electron chi connectivity index (χ2n) is 4.55. The molecule has 22 heavy (non-hydrogen) atoms. The number of hydrogen-bond acceptors (Lipinski definition) is 4. The molecule has 0 radical (unpaired) electrons. The summed E-state index contributed by atoms with van der Waals surface area (Å²) in [5, 5.41) is 3.60. The van der Waals surface area contributed by atoms with Crippen molar-refractivity contribution in [3.8, 4) is 5.75 Å². The van der Waals surface area contributed by atoms with E-state index in [0.717, 1.165) is 10.0 Å². The maximum Gasteiger partial charge on any atom is 0.372 e. The summed E-state index contributed by atoms with van der Waals surface area (Å²) in [6, 6.07) is 14.5. The normalized spacial score (nSPS) is 11.1. The minimum absolute atomic E-state index is 0.121. The number of amidine groups is 1. The Morgan fingerprint density at radius 3 is 2.41 bits per heavy atom. The van der Waals surface area contributed by atoms with E-state index in [0.29, 0.717) is 11.3 Å². The van der Waals surface area contributed by atoms with Gasteiger partial charge in [-0.3, -0.25) is 0 Å². The molecule has 0 fully saturated rings. The first-order valence-corrected chi connectivity index (χ1v) is 7.32. The summed E-state index contributed by atoms with van der Waals surface area (Å²) in [6.45, 7) is 1.73. The number of carbonyl (C=O) groups excluding carboxylic acids is 1. The molecule has 0 heterocycles. The molecule has 2 aromatic rings. The van der Waals surface area contributed by atoms with Crippen LogP contribution in [0.5, 0.6) is 5.75 Å². The third-order valence-electron chi connectivity index (χ3n) is 2.76. The van der Waals surface area contributed by atoms with Gasteiger partial charge in [0, 0.05) is 10.0 Å². The van der Waals surface area contributed by atoms with Crippen LogP contribution < -0.4 is 10.5 Å². The Labute approximate surface area is 136 Å². The van der Waals surface area contributed by atoms with Gasteiger partial charge in [0.2, 0.25) is 0 Å². The fourth-order valence-corrected chi connectivity index (χ4v) is 1.84. The first kappa shape index (κ1) is 16.0. The van der Waals surface area contributed by atoms with E-state index >= 15 is 0 Å². The molecular formula is C16H15BrN2O3. The Kier molecular flexibility index (Phi) is 5.55. The molecule has 2 aromatic carbocycles. The van der Waals surface area contributed by atoms with E-state index in [1.807, 2.05) is 31.2 Å². The average Bonchev–Trinajstić information content (AvgIpc) is 2.52. The van der Waals surface area contributed by atoms with E-state index in [4.69, 9.17) is 15.3 Å². The van der Waals surface area contributed by atoms with Gasteiger partial charge in [0.05, 0.1) is 0 Å². The zero-order valence-electron chi connectivity index (χ0n) is 12.0. The van der Waals surface area contributed by atoms with Crippen molar-refractivity contribution in [2.75, 3.05) is 6.61 Å². The van der Waals surface area contributed by atoms with Gasteiger partial charge in [-0.25, -0.2) is 4.79 Å². The number of ether oxygens (including phenoxy) is 1. The summed E-state index contributed by atoms with van der Waals surface area (Å²) in [7, 11) is 0. The molecule has 0 bridgehead atoms. The van der Waals surface area contributed by atoms with Crippen LogP contribution in [-0.2, 0) is 9.63 Å². The van der Waals surface area contributed by atoms with Gasteiger partial charge >= 0.3 is 5.97 Å². The van der Waals surface area contributed by atoms with Gasteiger partial charge in [-0.15, -0.1) is 0 Å². The molecule has 2 N–H and O–H groups in total. The van der Waals surface area contributed by atoms with Crippen LogP contribution in [0.15, 0.2) is 58.2 Å². The van der Waals surface area contributed by atoms with Crippen molar-refractivity contribution in [1.82, 2.24) is 0 Å². The van der Waals surface area contributed by atoms with Gasteiger partial charge < -0.3 is 15.3 Å². The minimum atomic E-state index is -0.624. The van der Waals surface area contributed by atoms with Crippen LogP contribution in [0.3, 0.4) is 0 Å². The van der Waals surface area contributed by atoms with Crippen molar-refractivity contribution >= 4 is 27.7 Å². The predicted octanol–water partition coefficient (Wildman–Crippen LogP) is 3.00. The second kappa shape index (κ2) is 7.61. The number of nitrogens with zero attached hydrogens (tertiary/aromatic N) is 1. The van der Waals surface area contributed by atoms with Crippen molar-refractivity contribution < 1.29 is 14.4 Å². The predicted molar refractivity (Wildman–Crippen MR) is 87.6 cm³/mol. The zero-order chi connectivity index (χ0) is 15.9. The van der Waals surface area contributed by atoms with Crippen LogP contribution in [0.1, 0.15) is 11.1 Å². The lowest BCUT2D eigenvalue weighted by Gasteiger charge is -2.05. The first-order valence-electron chi connectivity index (χ1n) is 6.53. The van der Waals surface area contributed by atoms with Gasteiger partial charge in [0.15, 0.2) is 12.4 Å². The van der Waals surface area contributed by atoms with E-state index in [9.17, 15) is 4.79 Å². The van der Waals surface area contributed by atoms with Gasteiger partial charge in [0.1, 0.15) is 5.75 Å². The molecule has 2 rings (SSSR count). The van der Waals surface area contributed by atoms with E-state index in [1.165, 1.54) is 0 Å². The molecule has 0 saturated heterocycles. The van der Waals surface area contributed by atoms with E-state index < -0.39 is 5.97 Å². The van der Waals surface area contributed by atoms with Crippen LogP contribution in [0.4, 0.5) is 0 Å². The fraction of sp³-hybridized carbons (Fsp3) is 0.125. The summed E-state index contributed by atoms with van der Waals surface area (Å²) >= 11 is 3.32. The van der Waals surface area contributed by atoms with Crippen molar-refractivity contribution in [2.45, 2.75) is 6.92 Å². The molecule has 0 atom stereocenters. The van der Waals surface area contributed by atoms with Gasteiger partial charge in [0.25, 0.3) is 0 Å². The molecule has 6 heteroatoms. The average molecular weight is 363 g/mol. The third-order valence-corrected chi connectivity index (χ3v) is 3.29. The number of oxime groups is 1. The third kappa shape index (κ3) is 4.89. The highest BCUT2D eigenvalue weighted by molar-refractivity contribution is 9.10. The Morgan fingerprint density at radius 2 is 1.77 bits per heavy atom. The molecule has 0 aliphatic heterocycles. The Morgan fingerprint density at radius 1 is 1.14 bits per heavy atom. The molecule has 0 aliphatic rings. The maximum absolute atomic E-state index is 11.6. The van der Waals surface area contributed by atoms with E-state index in [2.05, 4.69) is 21.1 Å². The van der Waals surface area contributed by atoms with Crippen LogP contribution >= 0.6 is 15.9 Å². The lowest BCUT2D eigenvalue weighted by atomic mass is 10.2. The Hall–Kier alpha value is -2.34.